The number of likely N-dealkylation sites (tertiary alicyclic amines) is 1. The van der Waals surface area contributed by atoms with E-state index in [0.29, 0.717) is 51.1 Å². The molecule has 1 atom stereocenters. The van der Waals surface area contributed by atoms with Crippen molar-refractivity contribution in [3.8, 4) is 17.0 Å². The normalized spacial score (nSPS) is 17.7. The Balaban J connectivity index is 1.21. The van der Waals surface area contributed by atoms with E-state index in [2.05, 4.69) is 20.3 Å². The molecular formula is C28H31ClF2N6O5S. The van der Waals surface area contributed by atoms with Gasteiger partial charge in [-0.2, -0.15) is 4.39 Å². The molecule has 2 aromatic carbocycles. The Morgan fingerprint density at radius 3 is 2.51 bits per heavy atom. The summed E-state index contributed by atoms with van der Waals surface area (Å²) in [5.74, 6) is -3.52. The molecule has 230 valence electrons. The van der Waals surface area contributed by atoms with Crippen molar-refractivity contribution in [3.05, 3.63) is 64.6 Å². The second-order valence-electron chi connectivity index (χ2n) is 10.5. The maximum absolute atomic E-state index is 14.6. The van der Waals surface area contributed by atoms with Crippen LogP contribution in [0.2, 0.25) is 5.02 Å². The van der Waals surface area contributed by atoms with Gasteiger partial charge in [-0.05, 0) is 56.1 Å². The van der Waals surface area contributed by atoms with Gasteiger partial charge in [-0.3, -0.25) is 9.59 Å². The van der Waals surface area contributed by atoms with Crippen LogP contribution in [0.3, 0.4) is 0 Å². The van der Waals surface area contributed by atoms with Gasteiger partial charge in [-0.25, -0.2) is 22.5 Å². The summed E-state index contributed by atoms with van der Waals surface area (Å²) in [6.07, 6.45) is 2.80. The van der Waals surface area contributed by atoms with Crippen LogP contribution in [0, 0.1) is 11.6 Å². The monoisotopic (exact) mass is 636 g/mol. The molecule has 3 heterocycles. The zero-order chi connectivity index (χ0) is 30.9. The number of methoxy groups -OCH3 is 1. The first-order chi connectivity index (χ1) is 20.5. The molecule has 43 heavy (non-hydrogen) atoms. The number of sulfonamides is 1. The van der Waals surface area contributed by atoms with Gasteiger partial charge in [-0.1, -0.05) is 11.6 Å². The maximum atomic E-state index is 14.6. The molecule has 0 saturated carbocycles. The lowest BCUT2D eigenvalue weighted by molar-refractivity contribution is 0.0711. The number of piperidine rings is 1. The number of carbonyl (C=O) groups excluding carboxylic acids is 2. The summed E-state index contributed by atoms with van der Waals surface area (Å²) in [5.41, 5.74) is 0.625. The standard InChI is InChI=1S/C28H31ClF2N6O5S/c1-36-22(20-5-6-23(42-2)25(31)24(20)30)15-33-26(36)27(38)34-17-3-4-19(21(29)13-17)28(39)37-11-8-16(9-12-37)35-43(40,41)18-7-10-32-14-18/h3-6,13,15-16,18,32,35H,7-12,14H2,1-2H3,(H,34,38). The molecule has 2 aliphatic heterocycles. The largest absolute Gasteiger partial charge is 0.494 e. The van der Waals surface area contributed by atoms with E-state index < -0.39 is 32.8 Å². The second-order valence-corrected chi connectivity index (χ2v) is 12.9. The highest BCUT2D eigenvalue weighted by Gasteiger charge is 2.33. The smallest absolute Gasteiger partial charge is 0.291 e. The van der Waals surface area contributed by atoms with Gasteiger partial charge in [-0.15, -0.1) is 0 Å². The van der Waals surface area contributed by atoms with Crippen LogP contribution in [0.5, 0.6) is 5.75 Å². The minimum Gasteiger partial charge on any atom is -0.494 e. The van der Waals surface area contributed by atoms with Crippen molar-refractivity contribution in [3.63, 3.8) is 0 Å². The van der Waals surface area contributed by atoms with Crippen LogP contribution in [-0.4, -0.2) is 79.3 Å². The summed E-state index contributed by atoms with van der Waals surface area (Å²) in [6, 6.07) is 6.84. The van der Waals surface area contributed by atoms with Crippen molar-refractivity contribution in [2.45, 2.75) is 30.6 Å². The third kappa shape index (κ3) is 6.37. The van der Waals surface area contributed by atoms with E-state index in [1.54, 1.807) is 4.90 Å². The summed E-state index contributed by atoms with van der Waals surface area (Å²) < 4.78 is 63.0. The minimum absolute atomic E-state index is 0.0652. The van der Waals surface area contributed by atoms with Crippen LogP contribution in [0.4, 0.5) is 14.5 Å². The number of nitrogens with zero attached hydrogens (tertiary/aromatic N) is 3. The molecule has 3 aromatic rings. The fraction of sp³-hybridized carbons (Fsp3) is 0.393. The van der Waals surface area contributed by atoms with Gasteiger partial charge < -0.3 is 24.8 Å². The SMILES string of the molecule is COc1ccc(-c2cnc(C(=O)Nc3ccc(C(=O)N4CCC(NS(=O)(=O)C5CCNC5)CC4)c(Cl)c3)n2C)c(F)c1F. The van der Waals surface area contributed by atoms with E-state index >= 15 is 0 Å². The van der Waals surface area contributed by atoms with E-state index in [-0.39, 0.29) is 45.4 Å². The van der Waals surface area contributed by atoms with Crippen molar-refractivity contribution in [1.29, 1.82) is 0 Å². The molecule has 1 aromatic heterocycles. The average Bonchev–Trinajstić information content (AvgIpc) is 3.66. The van der Waals surface area contributed by atoms with Crippen LogP contribution in [0.1, 0.15) is 40.2 Å². The van der Waals surface area contributed by atoms with Gasteiger partial charge in [0.05, 0.1) is 34.8 Å². The van der Waals surface area contributed by atoms with Crippen molar-refractivity contribution >= 4 is 39.1 Å². The van der Waals surface area contributed by atoms with Crippen LogP contribution in [0.25, 0.3) is 11.3 Å². The van der Waals surface area contributed by atoms with Crippen LogP contribution < -0.4 is 20.1 Å². The van der Waals surface area contributed by atoms with Gasteiger partial charge in [0, 0.05) is 44.0 Å². The van der Waals surface area contributed by atoms with Crippen LogP contribution in [-0.2, 0) is 17.1 Å². The second kappa shape index (κ2) is 12.6. The Hall–Kier alpha value is -3.59. The quantitative estimate of drug-likeness (QED) is 0.346. The molecule has 0 bridgehead atoms. The lowest BCUT2D eigenvalue weighted by atomic mass is 10.0. The number of ether oxygens (including phenoxy) is 1. The third-order valence-electron chi connectivity index (χ3n) is 7.76. The number of halogens is 3. The van der Waals surface area contributed by atoms with E-state index in [9.17, 15) is 26.8 Å². The predicted octanol–water partition coefficient (Wildman–Crippen LogP) is 3.17. The zero-order valence-corrected chi connectivity index (χ0v) is 25.1. The van der Waals surface area contributed by atoms with Gasteiger partial charge in [0.1, 0.15) is 0 Å². The van der Waals surface area contributed by atoms with Crippen molar-refractivity contribution in [2.75, 3.05) is 38.6 Å². The number of anilines is 1. The van der Waals surface area contributed by atoms with Gasteiger partial charge >= 0.3 is 0 Å². The topological polar surface area (TPSA) is 135 Å². The van der Waals surface area contributed by atoms with Gasteiger partial charge in [0.25, 0.3) is 11.8 Å². The molecule has 0 aliphatic carbocycles. The molecule has 2 fully saturated rings. The zero-order valence-electron chi connectivity index (χ0n) is 23.5. The van der Waals surface area contributed by atoms with Crippen molar-refractivity contribution in [1.82, 2.24) is 24.5 Å². The summed E-state index contributed by atoms with van der Waals surface area (Å²) >= 11 is 6.43. The number of aromatic nitrogens is 2. The fourth-order valence-electron chi connectivity index (χ4n) is 5.30. The lowest BCUT2D eigenvalue weighted by Gasteiger charge is -2.33. The molecule has 11 nitrogen and oxygen atoms in total. The predicted molar refractivity (Wildman–Crippen MR) is 157 cm³/mol. The summed E-state index contributed by atoms with van der Waals surface area (Å²) in [5, 5.41) is 5.40. The number of rotatable bonds is 8. The highest BCUT2D eigenvalue weighted by atomic mass is 35.5. The summed E-state index contributed by atoms with van der Waals surface area (Å²) in [7, 11) is -0.705. The Morgan fingerprint density at radius 2 is 1.86 bits per heavy atom. The highest BCUT2D eigenvalue weighted by Crippen LogP contribution is 2.30. The molecular weight excluding hydrogens is 606 g/mol. The highest BCUT2D eigenvalue weighted by molar-refractivity contribution is 7.90. The first-order valence-electron chi connectivity index (χ1n) is 13.7. The first kappa shape index (κ1) is 30.9. The number of imidazole rings is 1. The van der Waals surface area contributed by atoms with Gasteiger partial charge in [0.15, 0.2) is 17.4 Å². The molecule has 2 saturated heterocycles. The Labute approximate surface area is 252 Å². The van der Waals surface area contributed by atoms with E-state index in [4.69, 9.17) is 16.3 Å². The number of hydrogen-bond acceptors (Lipinski definition) is 7. The Morgan fingerprint density at radius 1 is 1.12 bits per heavy atom. The number of nitrogens with one attached hydrogen (secondary N) is 3. The fourth-order valence-corrected chi connectivity index (χ4v) is 7.22. The molecule has 2 aliphatic rings. The number of amides is 2. The molecule has 0 radical (unpaired) electrons. The third-order valence-corrected chi connectivity index (χ3v) is 10.0. The van der Waals surface area contributed by atoms with E-state index in [1.807, 2.05) is 0 Å². The van der Waals surface area contributed by atoms with Crippen molar-refractivity contribution in [2.24, 2.45) is 7.05 Å². The van der Waals surface area contributed by atoms with E-state index in [0.717, 1.165) is 0 Å². The molecule has 3 N–H and O–H groups in total. The summed E-state index contributed by atoms with van der Waals surface area (Å²) in [6.45, 7) is 1.85. The average molecular weight is 637 g/mol. The molecule has 5 rings (SSSR count). The van der Waals surface area contributed by atoms with Crippen LogP contribution >= 0.6 is 11.6 Å². The number of benzene rings is 2. The molecule has 2 amide bonds. The lowest BCUT2D eigenvalue weighted by Crippen LogP contribution is -2.48. The first-order valence-corrected chi connectivity index (χ1v) is 15.6. The van der Waals surface area contributed by atoms with Crippen LogP contribution in [0.15, 0.2) is 36.5 Å². The molecule has 0 spiro atoms. The molecule has 15 heteroatoms. The Bertz CT molecular complexity index is 1650. The minimum atomic E-state index is -3.43. The van der Waals surface area contributed by atoms with Crippen molar-refractivity contribution < 1.29 is 31.5 Å². The Kier molecular flexibility index (Phi) is 9.02. The maximum Gasteiger partial charge on any atom is 0.291 e. The van der Waals surface area contributed by atoms with E-state index in [1.165, 1.54) is 55.3 Å². The van der Waals surface area contributed by atoms with Gasteiger partial charge in [0.2, 0.25) is 15.8 Å². The number of hydrogen-bond donors (Lipinski definition) is 3. The number of carbonyl (C=O) groups is 2. The molecule has 1 unspecified atom stereocenters. The summed E-state index contributed by atoms with van der Waals surface area (Å²) in [4.78, 5) is 31.8.